The van der Waals surface area contributed by atoms with Crippen molar-refractivity contribution in [2.24, 2.45) is 17.3 Å². The van der Waals surface area contributed by atoms with E-state index in [0.29, 0.717) is 32.1 Å². The Labute approximate surface area is 137 Å². The standard InChI is InChI=1S/C16H22F4O4/c1-13(17,18)16(19,20)24-3-2-23-12(21)14-5-10-4-11(6-14)8-15(22,7-10)9-14/h10-11,22H,2-9H2,1H3. The molecule has 24 heavy (non-hydrogen) atoms. The van der Waals surface area contributed by atoms with E-state index >= 15 is 0 Å². The first-order valence-electron chi connectivity index (χ1n) is 8.24. The molecule has 1 N–H and O–H groups in total. The zero-order valence-electron chi connectivity index (χ0n) is 13.5. The third-order valence-electron chi connectivity index (χ3n) is 5.57. The van der Waals surface area contributed by atoms with E-state index in [4.69, 9.17) is 4.74 Å². The fourth-order valence-corrected chi connectivity index (χ4v) is 5.04. The van der Waals surface area contributed by atoms with Gasteiger partial charge in [0.2, 0.25) is 0 Å². The van der Waals surface area contributed by atoms with E-state index in [9.17, 15) is 27.5 Å². The Kier molecular flexibility index (Phi) is 4.15. The Morgan fingerprint density at radius 3 is 2.21 bits per heavy atom. The largest absolute Gasteiger partial charge is 0.463 e. The SMILES string of the molecule is CC(F)(F)C(F)(F)OCCOC(=O)C12CC3CC(CC(O)(C3)C1)C2. The maximum absolute atomic E-state index is 13.0. The summed E-state index contributed by atoms with van der Waals surface area (Å²) in [5, 5.41) is 10.6. The van der Waals surface area contributed by atoms with Gasteiger partial charge in [0, 0.05) is 6.92 Å². The van der Waals surface area contributed by atoms with Crippen LogP contribution >= 0.6 is 0 Å². The summed E-state index contributed by atoms with van der Waals surface area (Å²) >= 11 is 0. The van der Waals surface area contributed by atoms with Crippen LogP contribution in [-0.4, -0.2) is 41.9 Å². The lowest BCUT2D eigenvalue weighted by molar-refractivity contribution is -0.342. The van der Waals surface area contributed by atoms with Gasteiger partial charge in [-0.2, -0.15) is 17.6 Å². The minimum Gasteiger partial charge on any atom is -0.463 e. The molecule has 4 bridgehead atoms. The molecule has 0 aromatic heterocycles. The summed E-state index contributed by atoms with van der Waals surface area (Å²) in [5.74, 6) is -4.28. The minimum atomic E-state index is -4.60. The van der Waals surface area contributed by atoms with Crippen LogP contribution in [0.1, 0.15) is 45.4 Å². The summed E-state index contributed by atoms with van der Waals surface area (Å²) in [6, 6.07) is 0. The van der Waals surface area contributed by atoms with Gasteiger partial charge in [0.25, 0.3) is 0 Å². The second kappa shape index (κ2) is 5.56. The number of halogens is 4. The molecule has 0 aliphatic heterocycles. The molecule has 0 spiro atoms. The molecular weight excluding hydrogens is 332 g/mol. The summed E-state index contributed by atoms with van der Waals surface area (Å²) in [5.41, 5.74) is -1.60. The topological polar surface area (TPSA) is 55.8 Å². The van der Waals surface area contributed by atoms with Crippen molar-refractivity contribution in [1.82, 2.24) is 0 Å². The highest BCUT2D eigenvalue weighted by Crippen LogP contribution is 2.61. The molecule has 8 heteroatoms. The third kappa shape index (κ3) is 3.14. The van der Waals surface area contributed by atoms with Gasteiger partial charge in [0.15, 0.2) is 0 Å². The molecule has 0 amide bonds. The van der Waals surface area contributed by atoms with Crippen LogP contribution in [0, 0.1) is 17.3 Å². The number of ether oxygens (including phenoxy) is 2. The van der Waals surface area contributed by atoms with Gasteiger partial charge in [-0.25, -0.2) is 0 Å². The monoisotopic (exact) mass is 354 g/mol. The van der Waals surface area contributed by atoms with E-state index in [-0.39, 0.29) is 18.8 Å². The lowest BCUT2D eigenvalue weighted by atomic mass is 9.48. The number of rotatable bonds is 6. The average Bonchev–Trinajstić information content (AvgIpc) is 2.39. The predicted molar refractivity (Wildman–Crippen MR) is 74.5 cm³/mol. The lowest BCUT2D eigenvalue weighted by Crippen LogP contribution is -2.58. The van der Waals surface area contributed by atoms with Crippen LogP contribution < -0.4 is 0 Å². The first-order chi connectivity index (χ1) is 10.9. The second-order valence-electron chi connectivity index (χ2n) is 7.86. The van der Waals surface area contributed by atoms with Gasteiger partial charge in [0.1, 0.15) is 6.61 Å². The molecule has 0 aromatic rings. The van der Waals surface area contributed by atoms with Gasteiger partial charge in [-0.3, -0.25) is 4.79 Å². The van der Waals surface area contributed by atoms with Crippen molar-refractivity contribution in [2.45, 2.75) is 63.1 Å². The van der Waals surface area contributed by atoms with E-state index in [1.165, 1.54) is 0 Å². The number of hydrogen-bond acceptors (Lipinski definition) is 4. The molecule has 0 radical (unpaired) electrons. The highest BCUT2D eigenvalue weighted by Gasteiger charge is 2.61. The second-order valence-corrected chi connectivity index (χ2v) is 7.86. The highest BCUT2D eigenvalue weighted by molar-refractivity contribution is 5.77. The zero-order chi connectivity index (χ0) is 17.8. The average molecular weight is 354 g/mol. The molecule has 0 aromatic carbocycles. The van der Waals surface area contributed by atoms with Crippen LogP contribution in [-0.2, 0) is 14.3 Å². The fourth-order valence-electron chi connectivity index (χ4n) is 5.04. The van der Waals surface area contributed by atoms with E-state index in [1.54, 1.807) is 0 Å². The number of alkyl halides is 4. The van der Waals surface area contributed by atoms with Gasteiger partial charge in [-0.05, 0) is 50.4 Å². The lowest BCUT2D eigenvalue weighted by Gasteiger charge is -2.58. The maximum atomic E-state index is 13.0. The normalized spacial score (nSPS) is 38.4. The van der Waals surface area contributed by atoms with Crippen LogP contribution in [0.3, 0.4) is 0 Å². The Morgan fingerprint density at radius 1 is 1.12 bits per heavy atom. The quantitative estimate of drug-likeness (QED) is 0.452. The number of aliphatic hydroxyl groups is 1. The summed E-state index contributed by atoms with van der Waals surface area (Å²) in [7, 11) is 0. The van der Waals surface area contributed by atoms with Crippen molar-refractivity contribution in [3.63, 3.8) is 0 Å². The first-order valence-corrected chi connectivity index (χ1v) is 8.24. The molecule has 4 rings (SSSR count). The first kappa shape index (κ1) is 17.9. The van der Waals surface area contributed by atoms with Crippen LogP contribution in [0.2, 0.25) is 0 Å². The van der Waals surface area contributed by atoms with Crippen LogP contribution in [0.25, 0.3) is 0 Å². The van der Waals surface area contributed by atoms with E-state index < -0.39 is 42.2 Å². The minimum absolute atomic E-state index is 0.0646. The van der Waals surface area contributed by atoms with Crippen LogP contribution in [0.4, 0.5) is 17.6 Å². The summed E-state index contributed by atoms with van der Waals surface area (Å²) < 4.78 is 60.1. The molecule has 4 aliphatic rings. The van der Waals surface area contributed by atoms with Crippen LogP contribution in [0.5, 0.6) is 0 Å². The van der Waals surface area contributed by atoms with Gasteiger partial charge in [0.05, 0.1) is 17.6 Å². The molecule has 2 atom stereocenters. The van der Waals surface area contributed by atoms with Gasteiger partial charge in [-0.1, -0.05) is 0 Å². The van der Waals surface area contributed by atoms with Crippen molar-refractivity contribution in [3.05, 3.63) is 0 Å². The van der Waals surface area contributed by atoms with Crippen molar-refractivity contribution in [1.29, 1.82) is 0 Å². The fraction of sp³-hybridized carbons (Fsp3) is 0.938. The van der Waals surface area contributed by atoms with Crippen LogP contribution in [0.15, 0.2) is 0 Å². The number of esters is 1. The number of carbonyl (C=O) groups excluding carboxylic acids is 1. The molecule has 4 saturated carbocycles. The van der Waals surface area contributed by atoms with E-state index in [2.05, 4.69) is 4.74 Å². The van der Waals surface area contributed by atoms with Crippen molar-refractivity contribution in [2.75, 3.05) is 13.2 Å². The Morgan fingerprint density at radius 2 is 1.71 bits per heavy atom. The zero-order valence-corrected chi connectivity index (χ0v) is 13.5. The summed E-state index contributed by atoms with van der Waals surface area (Å²) in [6.07, 6.45) is -0.619. The smallest absolute Gasteiger partial charge is 0.419 e. The number of hydrogen-bond donors (Lipinski definition) is 1. The highest BCUT2D eigenvalue weighted by atomic mass is 19.3. The predicted octanol–water partition coefficient (Wildman–Crippen LogP) is 3.13. The van der Waals surface area contributed by atoms with E-state index in [0.717, 1.165) is 6.42 Å². The third-order valence-corrected chi connectivity index (χ3v) is 5.57. The summed E-state index contributed by atoms with van der Waals surface area (Å²) in [4.78, 5) is 12.4. The Balaban J connectivity index is 1.53. The van der Waals surface area contributed by atoms with Crippen molar-refractivity contribution >= 4 is 5.97 Å². The molecule has 138 valence electrons. The molecule has 4 nitrogen and oxygen atoms in total. The molecule has 4 aliphatic carbocycles. The molecule has 4 fully saturated rings. The van der Waals surface area contributed by atoms with Gasteiger partial charge >= 0.3 is 18.0 Å². The molecule has 2 unspecified atom stereocenters. The van der Waals surface area contributed by atoms with E-state index in [1.807, 2.05) is 0 Å². The van der Waals surface area contributed by atoms with Crippen molar-refractivity contribution in [3.8, 4) is 0 Å². The van der Waals surface area contributed by atoms with Gasteiger partial charge < -0.3 is 14.6 Å². The molecule has 0 saturated heterocycles. The summed E-state index contributed by atoms with van der Waals surface area (Å²) in [6.45, 7) is -1.26. The van der Waals surface area contributed by atoms with Gasteiger partial charge in [-0.15, -0.1) is 0 Å². The molecular formula is C16H22F4O4. The number of carbonyl (C=O) groups is 1. The molecule has 0 heterocycles. The van der Waals surface area contributed by atoms with Crippen molar-refractivity contribution < 1.29 is 36.9 Å². The maximum Gasteiger partial charge on any atom is 0.419 e. The Hall–Kier alpha value is -0.890. The Bertz CT molecular complexity index is 503.